The number of aryl methyl sites for hydroxylation is 1. The first-order valence-corrected chi connectivity index (χ1v) is 8.98. The van der Waals surface area contributed by atoms with E-state index in [1.807, 2.05) is 49.4 Å². The third-order valence-corrected chi connectivity index (χ3v) is 5.86. The molecule has 0 aliphatic rings. The predicted molar refractivity (Wildman–Crippen MR) is 91.0 cm³/mol. The molecule has 21 heavy (non-hydrogen) atoms. The van der Waals surface area contributed by atoms with Crippen molar-refractivity contribution in [2.45, 2.75) is 24.0 Å². The summed E-state index contributed by atoms with van der Waals surface area (Å²) in [5.41, 5.74) is 2.02. The van der Waals surface area contributed by atoms with E-state index < -0.39 is 15.1 Å². The van der Waals surface area contributed by atoms with Crippen LogP contribution in [0.4, 0.5) is 0 Å². The Hall–Kier alpha value is -1.39. The minimum atomic E-state index is -3.33. The highest BCUT2D eigenvalue weighted by atomic mass is 79.9. The Morgan fingerprint density at radius 1 is 1.00 bits per heavy atom. The Morgan fingerprint density at radius 3 is 2.14 bits per heavy atom. The van der Waals surface area contributed by atoms with Crippen LogP contribution in [0, 0.1) is 6.92 Å². The Balaban J connectivity index is 2.20. The highest BCUT2D eigenvalue weighted by molar-refractivity contribution is 9.10. The molecule has 2 aromatic carbocycles. The summed E-state index contributed by atoms with van der Waals surface area (Å²) in [5, 5.41) is -0.566. The zero-order valence-corrected chi connectivity index (χ0v) is 14.4. The number of halogens is 1. The Bertz CT molecular complexity index is 729. The molecule has 0 N–H and O–H groups in total. The topological polar surface area (TPSA) is 34.1 Å². The molecule has 2 nitrogen and oxygen atoms in total. The van der Waals surface area contributed by atoms with E-state index in [0.29, 0.717) is 4.90 Å². The Kier molecular flexibility index (Phi) is 5.01. The predicted octanol–water partition coefficient (Wildman–Crippen LogP) is 4.63. The summed E-state index contributed by atoms with van der Waals surface area (Å²) in [4.78, 5) is 0.362. The second kappa shape index (κ2) is 6.58. The molecule has 2 aromatic rings. The average Bonchev–Trinajstić information content (AvgIpc) is 2.46. The van der Waals surface area contributed by atoms with Crippen molar-refractivity contribution in [1.29, 1.82) is 0 Å². The van der Waals surface area contributed by atoms with Gasteiger partial charge in [-0.3, -0.25) is 0 Å². The highest BCUT2D eigenvalue weighted by Crippen LogP contribution is 2.19. The lowest BCUT2D eigenvalue weighted by Crippen LogP contribution is -2.15. The van der Waals surface area contributed by atoms with Crippen molar-refractivity contribution in [3.63, 3.8) is 0 Å². The average molecular weight is 365 g/mol. The van der Waals surface area contributed by atoms with E-state index in [1.165, 1.54) is 0 Å². The van der Waals surface area contributed by atoms with Crippen LogP contribution in [0.3, 0.4) is 0 Å². The molecule has 110 valence electrons. The van der Waals surface area contributed by atoms with Gasteiger partial charge in [0, 0.05) is 4.47 Å². The van der Waals surface area contributed by atoms with Crippen molar-refractivity contribution in [2.75, 3.05) is 0 Å². The second-order valence-electron chi connectivity index (χ2n) is 4.97. The maximum Gasteiger partial charge on any atom is 0.184 e. The molecule has 0 heterocycles. The SMILES string of the molecule is Cc1ccc(S(=O)(=O)C(C)/C=C/c2ccc(Br)cc2)cc1. The number of rotatable bonds is 4. The molecule has 0 bridgehead atoms. The van der Waals surface area contributed by atoms with Crippen LogP contribution in [0.5, 0.6) is 0 Å². The van der Waals surface area contributed by atoms with Crippen LogP contribution >= 0.6 is 15.9 Å². The molecule has 4 heteroatoms. The molecule has 1 unspecified atom stereocenters. The molecule has 0 saturated heterocycles. The molecular weight excluding hydrogens is 348 g/mol. The minimum absolute atomic E-state index is 0.362. The van der Waals surface area contributed by atoms with E-state index in [4.69, 9.17) is 0 Å². The molecule has 2 rings (SSSR count). The molecule has 0 fully saturated rings. The smallest absolute Gasteiger partial charge is 0.184 e. The van der Waals surface area contributed by atoms with E-state index in [1.54, 1.807) is 25.1 Å². The van der Waals surface area contributed by atoms with Gasteiger partial charge in [0.05, 0.1) is 10.1 Å². The van der Waals surface area contributed by atoms with E-state index in [9.17, 15) is 8.42 Å². The van der Waals surface area contributed by atoms with Crippen molar-refractivity contribution in [3.05, 3.63) is 70.2 Å². The van der Waals surface area contributed by atoms with Gasteiger partial charge >= 0.3 is 0 Å². The first-order valence-electron chi connectivity index (χ1n) is 6.64. The van der Waals surface area contributed by atoms with Gasteiger partial charge in [-0.05, 0) is 43.7 Å². The lowest BCUT2D eigenvalue weighted by atomic mass is 10.2. The van der Waals surface area contributed by atoms with Crippen LogP contribution in [0.25, 0.3) is 6.08 Å². The van der Waals surface area contributed by atoms with Crippen LogP contribution in [0.15, 0.2) is 64.0 Å². The third-order valence-electron chi connectivity index (χ3n) is 3.27. The van der Waals surface area contributed by atoms with Crippen LogP contribution in [0.1, 0.15) is 18.1 Å². The number of benzene rings is 2. The fourth-order valence-electron chi connectivity index (χ4n) is 1.87. The molecule has 0 radical (unpaired) electrons. The van der Waals surface area contributed by atoms with Gasteiger partial charge in [-0.15, -0.1) is 0 Å². The third kappa shape index (κ3) is 4.05. The molecular formula is C17H17BrO2S. The van der Waals surface area contributed by atoms with Crippen molar-refractivity contribution in [2.24, 2.45) is 0 Å². The minimum Gasteiger partial charge on any atom is -0.223 e. The van der Waals surface area contributed by atoms with Crippen molar-refractivity contribution < 1.29 is 8.42 Å². The zero-order valence-electron chi connectivity index (χ0n) is 12.0. The van der Waals surface area contributed by atoms with E-state index in [-0.39, 0.29) is 0 Å². The van der Waals surface area contributed by atoms with Gasteiger partial charge < -0.3 is 0 Å². The molecule has 0 saturated carbocycles. The summed E-state index contributed by atoms with van der Waals surface area (Å²) in [6, 6.07) is 14.7. The maximum atomic E-state index is 12.5. The molecule has 0 aliphatic heterocycles. The quantitative estimate of drug-likeness (QED) is 0.792. The molecule has 0 spiro atoms. The van der Waals surface area contributed by atoms with Crippen LogP contribution < -0.4 is 0 Å². The lowest BCUT2D eigenvalue weighted by molar-refractivity contribution is 0.591. The first kappa shape index (κ1) is 16.0. The number of sulfone groups is 1. The number of hydrogen-bond donors (Lipinski definition) is 0. The zero-order chi connectivity index (χ0) is 15.5. The molecule has 1 atom stereocenters. The summed E-state index contributed by atoms with van der Waals surface area (Å²) >= 11 is 3.37. The second-order valence-corrected chi connectivity index (χ2v) is 8.19. The van der Waals surface area contributed by atoms with Crippen molar-refractivity contribution in [1.82, 2.24) is 0 Å². The van der Waals surface area contributed by atoms with Gasteiger partial charge in [-0.2, -0.15) is 0 Å². The van der Waals surface area contributed by atoms with E-state index in [0.717, 1.165) is 15.6 Å². The summed E-state index contributed by atoms with van der Waals surface area (Å²) in [6.45, 7) is 3.64. The Labute approximate surface area is 134 Å². The van der Waals surface area contributed by atoms with Gasteiger partial charge in [0.25, 0.3) is 0 Å². The molecule has 0 aliphatic carbocycles. The normalized spacial score (nSPS) is 13.5. The lowest BCUT2D eigenvalue weighted by Gasteiger charge is -2.09. The highest BCUT2D eigenvalue weighted by Gasteiger charge is 2.20. The van der Waals surface area contributed by atoms with Gasteiger partial charge in [-0.1, -0.05) is 57.9 Å². The standard InChI is InChI=1S/C17H17BrO2S/c1-13-3-11-17(12-4-13)21(19,20)14(2)5-6-15-7-9-16(18)10-8-15/h3-12,14H,1-2H3/b6-5+. The van der Waals surface area contributed by atoms with Crippen LogP contribution in [-0.2, 0) is 9.84 Å². The Morgan fingerprint density at radius 2 is 1.57 bits per heavy atom. The first-order chi connectivity index (χ1) is 9.89. The van der Waals surface area contributed by atoms with Crippen molar-refractivity contribution >= 4 is 31.8 Å². The van der Waals surface area contributed by atoms with Crippen LogP contribution in [0.2, 0.25) is 0 Å². The summed E-state index contributed by atoms with van der Waals surface area (Å²) in [5.74, 6) is 0. The summed E-state index contributed by atoms with van der Waals surface area (Å²) in [6.07, 6.45) is 3.56. The van der Waals surface area contributed by atoms with E-state index in [2.05, 4.69) is 15.9 Å². The van der Waals surface area contributed by atoms with E-state index >= 15 is 0 Å². The largest absolute Gasteiger partial charge is 0.223 e. The molecule has 0 amide bonds. The monoisotopic (exact) mass is 364 g/mol. The van der Waals surface area contributed by atoms with Gasteiger partial charge in [-0.25, -0.2) is 8.42 Å². The maximum absolute atomic E-state index is 12.5. The fraction of sp³-hybridized carbons (Fsp3) is 0.176. The van der Waals surface area contributed by atoms with Gasteiger partial charge in [0.2, 0.25) is 0 Å². The summed E-state index contributed by atoms with van der Waals surface area (Å²) in [7, 11) is -3.33. The van der Waals surface area contributed by atoms with Crippen LogP contribution in [-0.4, -0.2) is 13.7 Å². The van der Waals surface area contributed by atoms with Gasteiger partial charge in [0.1, 0.15) is 0 Å². The summed E-state index contributed by atoms with van der Waals surface area (Å²) < 4.78 is 25.9. The number of hydrogen-bond acceptors (Lipinski definition) is 2. The fourth-order valence-corrected chi connectivity index (χ4v) is 3.36. The van der Waals surface area contributed by atoms with Gasteiger partial charge in [0.15, 0.2) is 9.84 Å². The van der Waals surface area contributed by atoms with Crippen molar-refractivity contribution in [3.8, 4) is 0 Å². The molecule has 0 aromatic heterocycles.